The predicted octanol–water partition coefficient (Wildman–Crippen LogP) is 3.26. The highest BCUT2D eigenvalue weighted by atomic mass is 32.2. The van der Waals surface area contributed by atoms with Crippen LogP contribution in [0.5, 0.6) is 5.75 Å². The first-order valence-corrected chi connectivity index (χ1v) is 14.7. The topological polar surface area (TPSA) is 123 Å². The number of carbonyl (C=O) groups excluding carboxylic acids is 2. The van der Waals surface area contributed by atoms with Crippen LogP contribution in [0.4, 0.5) is 9.52 Å². The zero-order chi connectivity index (χ0) is 27.8. The SMILES string of the molecule is CCc1c(C(=O)N2CCOc3ccc(-c4cnc(N(C)[C@H](C)C(N)=O)s4)cc3C2)ccc(S(C)(=O)=O)c1F. The van der Waals surface area contributed by atoms with E-state index in [4.69, 9.17) is 10.5 Å². The largest absolute Gasteiger partial charge is 0.491 e. The van der Waals surface area contributed by atoms with Crippen molar-refractivity contribution in [2.75, 3.05) is 31.4 Å². The number of nitrogens with two attached hydrogens (primary N) is 1. The summed E-state index contributed by atoms with van der Waals surface area (Å²) in [6.45, 7) is 4.15. The Morgan fingerprint density at radius 2 is 2.03 bits per heavy atom. The third-order valence-corrected chi connectivity index (χ3v) is 8.84. The Morgan fingerprint density at radius 1 is 1.29 bits per heavy atom. The van der Waals surface area contributed by atoms with E-state index < -0.39 is 38.4 Å². The maximum Gasteiger partial charge on any atom is 0.254 e. The predicted molar refractivity (Wildman–Crippen MR) is 144 cm³/mol. The molecular formula is C26H29FN4O5S2. The second kappa shape index (κ2) is 10.7. The number of aromatic nitrogens is 1. The lowest BCUT2D eigenvalue weighted by Crippen LogP contribution is -2.40. The van der Waals surface area contributed by atoms with Gasteiger partial charge in [-0.2, -0.15) is 0 Å². The van der Waals surface area contributed by atoms with Gasteiger partial charge >= 0.3 is 0 Å². The summed E-state index contributed by atoms with van der Waals surface area (Å²) in [5.41, 5.74) is 7.26. The molecule has 0 saturated carbocycles. The van der Waals surface area contributed by atoms with Crippen LogP contribution in [0.3, 0.4) is 0 Å². The summed E-state index contributed by atoms with van der Waals surface area (Å²) in [7, 11) is -2.02. The summed E-state index contributed by atoms with van der Waals surface area (Å²) in [4.78, 5) is 33.2. The molecule has 0 saturated heterocycles. The summed E-state index contributed by atoms with van der Waals surface area (Å²) in [6, 6.07) is 7.68. The average molecular weight is 561 g/mol. The Hall–Kier alpha value is -3.51. The van der Waals surface area contributed by atoms with Gasteiger partial charge in [0.25, 0.3) is 5.91 Å². The Balaban J connectivity index is 1.63. The molecule has 0 spiro atoms. The summed E-state index contributed by atoms with van der Waals surface area (Å²) in [5, 5.41) is 0.640. The molecule has 2 heterocycles. The fourth-order valence-electron chi connectivity index (χ4n) is 4.24. The molecule has 0 bridgehead atoms. The van der Waals surface area contributed by atoms with Gasteiger partial charge in [-0.05, 0) is 49.2 Å². The summed E-state index contributed by atoms with van der Waals surface area (Å²) < 4.78 is 44.9. The number of nitrogens with zero attached hydrogens (tertiary/aromatic N) is 3. The van der Waals surface area contributed by atoms with Crippen molar-refractivity contribution in [1.29, 1.82) is 0 Å². The molecule has 202 valence electrons. The zero-order valence-electron chi connectivity index (χ0n) is 21.5. The number of hydrogen-bond acceptors (Lipinski definition) is 8. The van der Waals surface area contributed by atoms with E-state index >= 15 is 4.39 Å². The fraction of sp³-hybridized carbons (Fsp3) is 0.346. The molecule has 9 nitrogen and oxygen atoms in total. The molecular weight excluding hydrogens is 531 g/mol. The average Bonchev–Trinajstić information content (AvgIpc) is 3.26. The van der Waals surface area contributed by atoms with Gasteiger partial charge in [0.2, 0.25) is 5.91 Å². The molecule has 1 atom stereocenters. The highest BCUT2D eigenvalue weighted by Crippen LogP contribution is 2.35. The van der Waals surface area contributed by atoms with Crippen LogP contribution in [0.1, 0.15) is 35.3 Å². The van der Waals surface area contributed by atoms with E-state index in [1.165, 1.54) is 17.4 Å². The van der Waals surface area contributed by atoms with Gasteiger partial charge < -0.3 is 20.3 Å². The van der Waals surface area contributed by atoms with Crippen molar-refractivity contribution in [1.82, 2.24) is 9.88 Å². The molecule has 12 heteroatoms. The number of fused-ring (bicyclic) bond motifs is 1. The summed E-state index contributed by atoms with van der Waals surface area (Å²) >= 11 is 1.40. The molecule has 0 aliphatic carbocycles. The second-order valence-corrected chi connectivity index (χ2v) is 12.1. The zero-order valence-corrected chi connectivity index (χ0v) is 23.2. The van der Waals surface area contributed by atoms with E-state index in [0.717, 1.165) is 28.3 Å². The van der Waals surface area contributed by atoms with Crippen LogP contribution in [0.25, 0.3) is 10.4 Å². The van der Waals surface area contributed by atoms with Crippen molar-refractivity contribution in [2.45, 2.75) is 37.8 Å². The van der Waals surface area contributed by atoms with Crippen LogP contribution in [-0.2, 0) is 27.6 Å². The van der Waals surface area contributed by atoms with Gasteiger partial charge in [0.1, 0.15) is 29.1 Å². The van der Waals surface area contributed by atoms with Crippen LogP contribution in [0.2, 0.25) is 0 Å². The summed E-state index contributed by atoms with van der Waals surface area (Å²) in [6.07, 6.45) is 2.82. The van der Waals surface area contributed by atoms with Crippen molar-refractivity contribution in [2.24, 2.45) is 5.73 Å². The van der Waals surface area contributed by atoms with Gasteiger partial charge in [-0.1, -0.05) is 18.3 Å². The van der Waals surface area contributed by atoms with E-state index in [-0.39, 0.29) is 37.2 Å². The Bertz CT molecular complexity index is 1510. The van der Waals surface area contributed by atoms with Crippen LogP contribution in [-0.4, -0.2) is 62.6 Å². The van der Waals surface area contributed by atoms with Crippen LogP contribution in [0, 0.1) is 5.82 Å². The molecule has 0 radical (unpaired) electrons. The molecule has 1 aliphatic heterocycles. The number of rotatable bonds is 7. The second-order valence-electron chi connectivity index (χ2n) is 9.12. The van der Waals surface area contributed by atoms with E-state index in [2.05, 4.69) is 4.98 Å². The van der Waals surface area contributed by atoms with Crippen molar-refractivity contribution in [3.05, 3.63) is 59.0 Å². The molecule has 2 amide bonds. The number of primary amides is 1. The third kappa shape index (κ3) is 5.37. The van der Waals surface area contributed by atoms with E-state index in [1.54, 1.807) is 36.9 Å². The molecule has 3 aromatic rings. The van der Waals surface area contributed by atoms with Crippen LogP contribution < -0.4 is 15.4 Å². The number of sulfone groups is 1. The van der Waals surface area contributed by atoms with Crippen molar-refractivity contribution in [3.8, 4) is 16.2 Å². The molecule has 2 aromatic carbocycles. The van der Waals surface area contributed by atoms with Gasteiger partial charge in [0, 0.05) is 42.7 Å². The first-order chi connectivity index (χ1) is 17.9. The fourth-order valence-corrected chi connectivity index (χ4v) is 5.96. The number of carbonyl (C=O) groups is 2. The van der Waals surface area contributed by atoms with Gasteiger partial charge in [0.15, 0.2) is 15.0 Å². The number of thiazole rings is 1. The number of anilines is 1. The minimum absolute atomic E-state index is 0.0727. The minimum atomic E-state index is -3.77. The van der Waals surface area contributed by atoms with E-state index in [1.807, 2.05) is 18.2 Å². The lowest BCUT2D eigenvalue weighted by molar-refractivity contribution is -0.118. The van der Waals surface area contributed by atoms with E-state index in [9.17, 15) is 18.0 Å². The van der Waals surface area contributed by atoms with Gasteiger partial charge in [-0.25, -0.2) is 17.8 Å². The molecule has 2 N–H and O–H groups in total. The molecule has 38 heavy (non-hydrogen) atoms. The Morgan fingerprint density at radius 3 is 2.68 bits per heavy atom. The van der Waals surface area contributed by atoms with Crippen molar-refractivity contribution in [3.63, 3.8) is 0 Å². The molecule has 1 aromatic heterocycles. The number of ether oxygens (including phenoxy) is 1. The molecule has 1 aliphatic rings. The maximum atomic E-state index is 15.1. The molecule has 0 unspecified atom stereocenters. The quantitative estimate of drug-likeness (QED) is 0.471. The van der Waals surface area contributed by atoms with Gasteiger partial charge in [-0.15, -0.1) is 0 Å². The van der Waals surface area contributed by atoms with Crippen molar-refractivity contribution < 1.29 is 27.1 Å². The van der Waals surface area contributed by atoms with Crippen LogP contribution >= 0.6 is 11.3 Å². The van der Waals surface area contributed by atoms with E-state index in [0.29, 0.717) is 10.9 Å². The highest BCUT2D eigenvalue weighted by molar-refractivity contribution is 7.90. The first-order valence-electron chi connectivity index (χ1n) is 12.0. The normalized spacial score (nSPS) is 14.3. The smallest absolute Gasteiger partial charge is 0.254 e. The first kappa shape index (κ1) is 27.5. The lowest BCUT2D eigenvalue weighted by Gasteiger charge is -2.22. The highest BCUT2D eigenvalue weighted by Gasteiger charge is 2.27. The van der Waals surface area contributed by atoms with Crippen LogP contribution in [0.15, 0.2) is 41.4 Å². The number of likely N-dealkylation sites (N-methyl/N-ethyl adjacent to an activating group) is 1. The van der Waals surface area contributed by atoms with Crippen molar-refractivity contribution >= 4 is 38.1 Å². The number of halogens is 1. The number of benzene rings is 2. The minimum Gasteiger partial charge on any atom is -0.491 e. The third-order valence-electron chi connectivity index (χ3n) is 6.59. The van der Waals surface area contributed by atoms with Gasteiger partial charge in [-0.3, -0.25) is 9.59 Å². The molecule has 0 fully saturated rings. The Labute approximate surface area is 225 Å². The maximum absolute atomic E-state index is 15.1. The monoisotopic (exact) mass is 560 g/mol. The summed E-state index contributed by atoms with van der Waals surface area (Å²) in [5.74, 6) is -1.09. The van der Waals surface area contributed by atoms with Gasteiger partial charge in [0.05, 0.1) is 11.4 Å². The standard InChI is InChI=1S/C26H29FN4O5S2/c1-5-18-19(7-9-22(23(18)27)38(4,34)35)25(33)31-10-11-36-20-8-6-16(12-17(20)14-31)21-13-29-26(37-21)30(3)15(2)24(28)32/h6-9,12-13,15H,5,10-11,14H2,1-4H3,(H2,28,32)/t15-/m1/s1. The number of amides is 2. The molecule has 4 rings (SSSR count). The number of hydrogen-bond donors (Lipinski definition) is 1. The Kier molecular flexibility index (Phi) is 7.75. The lowest BCUT2D eigenvalue weighted by atomic mass is 10.0.